The Balaban J connectivity index is 2.12. The van der Waals surface area contributed by atoms with Crippen LogP contribution in [0.1, 0.15) is 0 Å². The highest BCUT2D eigenvalue weighted by atomic mass is 28.3. The number of nitro groups is 6. The largest absolute Gasteiger partial charge is 0.509 e. The van der Waals surface area contributed by atoms with Crippen molar-refractivity contribution in [3.63, 3.8) is 0 Å². The van der Waals surface area contributed by atoms with Crippen LogP contribution >= 0.6 is 0 Å². The highest BCUT2D eigenvalue weighted by molar-refractivity contribution is 6.63. The summed E-state index contributed by atoms with van der Waals surface area (Å²) in [5, 5.41) is 61.9. The number of hydrogen-bond acceptors (Lipinski definition) is 12. The summed E-state index contributed by atoms with van der Waals surface area (Å²) in [6.07, 6.45) is -4.56. The summed E-state index contributed by atoms with van der Waals surface area (Å²) in [6.45, 7) is 0. The number of hydrazine groups is 6. The summed E-state index contributed by atoms with van der Waals surface area (Å²) < 4.78 is -0.244. The van der Waals surface area contributed by atoms with Crippen LogP contribution in [0.15, 0.2) is 0 Å². The minimum absolute atomic E-state index is 0.0475. The molecule has 160 valence electrons. The zero-order valence-corrected chi connectivity index (χ0v) is 15.6. The molecule has 0 N–H and O–H groups in total. The van der Waals surface area contributed by atoms with Gasteiger partial charge in [-0.2, -0.15) is 0 Å². The van der Waals surface area contributed by atoms with Crippen molar-refractivity contribution in [1.82, 2.24) is 28.7 Å². The van der Waals surface area contributed by atoms with Crippen LogP contribution in [0.2, 0.25) is 0 Å². The lowest BCUT2D eigenvalue weighted by Gasteiger charge is -2.39. The predicted molar refractivity (Wildman–Crippen MR) is 79.7 cm³/mol. The summed E-state index contributed by atoms with van der Waals surface area (Å²) in [6, 6.07) is 0. The second-order valence-corrected chi connectivity index (χ2v) is 10.2. The normalized spacial score (nSPS) is 29.6. The summed E-state index contributed by atoms with van der Waals surface area (Å²) in [5.41, 5.74) is 0. The molecular weight excluding hydrogens is 464 g/mol. The lowest BCUT2D eigenvalue weighted by Crippen LogP contribution is -2.79. The van der Waals surface area contributed by atoms with Gasteiger partial charge in [0.1, 0.15) is 0 Å². The molecule has 5 rings (SSSR count). The van der Waals surface area contributed by atoms with E-state index in [1.54, 1.807) is 0 Å². The Kier molecular flexibility index (Phi) is 3.53. The molecule has 0 aliphatic carbocycles. The first-order chi connectivity index (χ1) is 13.9. The van der Waals surface area contributed by atoms with E-state index in [1.807, 2.05) is 0 Å². The summed E-state index contributed by atoms with van der Waals surface area (Å²) >= 11 is 0. The average Bonchev–Trinajstić information content (AvgIpc) is 3.03. The van der Waals surface area contributed by atoms with Crippen LogP contribution in [-0.2, 0) is 0 Å². The van der Waals surface area contributed by atoms with Crippen molar-refractivity contribution in [3.05, 3.63) is 60.7 Å². The van der Waals surface area contributed by atoms with Crippen LogP contribution < -0.4 is 0 Å². The molecule has 0 aromatic heterocycles. The maximum absolute atomic E-state index is 11.7. The van der Waals surface area contributed by atoms with Gasteiger partial charge in [0.2, 0.25) is 0 Å². The first-order valence-corrected chi connectivity index (χ1v) is 10.2. The predicted octanol–water partition coefficient (Wildman–Crippen LogP) is -4.64. The van der Waals surface area contributed by atoms with Gasteiger partial charge in [0.25, 0.3) is 23.9 Å². The lowest BCUT2D eigenvalue weighted by molar-refractivity contribution is -0.761. The third-order valence-electron chi connectivity index (χ3n) is 4.75. The van der Waals surface area contributed by atoms with Gasteiger partial charge >= 0.3 is 18.2 Å². The first kappa shape index (κ1) is 19.0. The Hall–Kier alpha value is -4.37. The van der Waals surface area contributed by atoms with Crippen LogP contribution in [0.5, 0.6) is 0 Å². The van der Waals surface area contributed by atoms with Crippen LogP contribution in [0.3, 0.4) is 0 Å². The third-order valence-corrected chi connectivity index (χ3v) is 10.5. The molecular formula is C4H4N12O12Si2. The Bertz CT molecular complexity index is 788. The Morgan fingerprint density at radius 3 is 1.20 bits per heavy atom. The number of nitrogens with zero attached hydrogens (tertiary/aromatic N) is 12. The van der Waals surface area contributed by atoms with Crippen LogP contribution in [-0.4, -0.2) is 101 Å². The molecule has 0 amide bonds. The molecule has 2 radical (unpaired) electrons. The molecule has 4 unspecified atom stereocenters. The Morgan fingerprint density at radius 1 is 0.467 bits per heavy atom. The fourth-order valence-corrected chi connectivity index (χ4v) is 10.7. The molecule has 5 saturated heterocycles. The van der Waals surface area contributed by atoms with Gasteiger partial charge in [-0.15, -0.1) is 4.67 Å². The van der Waals surface area contributed by atoms with Crippen molar-refractivity contribution in [3.8, 4) is 0 Å². The van der Waals surface area contributed by atoms with Gasteiger partial charge in [0.15, 0.2) is 30.2 Å². The summed E-state index contributed by atoms with van der Waals surface area (Å²) in [4.78, 5) is 70.1. The molecule has 5 aliphatic heterocycles. The molecule has 30 heavy (non-hydrogen) atoms. The van der Waals surface area contributed by atoms with Crippen LogP contribution in [0.4, 0.5) is 0 Å². The van der Waals surface area contributed by atoms with Gasteiger partial charge in [0, 0.05) is 0 Å². The van der Waals surface area contributed by atoms with Crippen molar-refractivity contribution in [2.24, 2.45) is 0 Å². The first-order valence-electron chi connectivity index (χ1n) is 7.26. The van der Waals surface area contributed by atoms with E-state index in [1.165, 1.54) is 0 Å². The van der Waals surface area contributed by atoms with Crippen molar-refractivity contribution in [2.75, 3.05) is 0 Å². The number of rotatable bonds is 6. The molecule has 24 nitrogen and oxygen atoms in total. The standard InChI is InChI=1S/C4H4N12O12Si2/c17-11(18)5-1-2-8(14(23)24)29-3(5)6(12(19)20)4(10(29)16(27)28)30(7(1)13(21)22)9(2)15(25)26/h1-4H. The average molecular weight is 468 g/mol. The molecule has 5 heterocycles. The molecule has 26 heteroatoms. The molecule has 0 aromatic carbocycles. The van der Waals surface area contributed by atoms with Crippen molar-refractivity contribution in [1.29, 1.82) is 0 Å². The zero-order valence-electron chi connectivity index (χ0n) is 13.6. The summed E-state index contributed by atoms with van der Waals surface area (Å²) in [7, 11) is -7.53. The van der Waals surface area contributed by atoms with E-state index in [-0.39, 0.29) is 28.7 Å². The molecule has 4 atom stereocenters. The lowest BCUT2D eigenvalue weighted by atomic mass is 10.4. The van der Waals surface area contributed by atoms with Crippen LogP contribution in [0.25, 0.3) is 0 Å². The highest BCUT2D eigenvalue weighted by Gasteiger charge is 2.92. The Labute approximate surface area is 162 Å². The van der Waals surface area contributed by atoms with Crippen LogP contribution in [0, 0.1) is 60.7 Å². The molecule has 0 spiro atoms. The fourth-order valence-electron chi connectivity index (χ4n) is 4.00. The zero-order chi connectivity index (χ0) is 22.4. The monoisotopic (exact) mass is 468 g/mol. The second-order valence-electron chi connectivity index (χ2n) is 5.86. The van der Waals surface area contributed by atoms with E-state index in [4.69, 9.17) is 0 Å². The maximum Gasteiger partial charge on any atom is 0.509 e. The van der Waals surface area contributed by atoms with Gasteiger partial charge in [-0.25, -0.2) is 60.7 Å². The van der Waals surface area contributed by atoms with E-state index in [0.717, 1.165) is 0 Å². The van der Waals surface area contributed by atoms with E-state index >= 15 is 0 Å². The third kappa shape index (κ3) is 1.91. The molecule has 5 fully saturated rings. The quantitative estimate of drug-likeness (QED) is 0.201. The van der Waals surface area contributed by atoms with Gasteiger partial charge in [-0.3, -0.25) is 0 Å². The minimum atomic E-state index is -3.83. The van der Waals surface area contributed by atoms with Crippen molar-refractivity contribution < 1.29 is 30.2 Å². The molecule has 0 aromatic rings. The van der Waals surface area contributed by atoms with E-state index < -0.39 is 72.3 Å². The van der Waals surface area contributed by atoms with Crippen molar-refractivity contribution >= 4 is 18.2 Å². The maximum atomic E-state index is 11.7. The summed E-state index contributed by atoms with van der Waals surface area (Å²) in [5.74, 6) is -4.56. The second kappa shape index (κ2) is 5.59. The molecule has 6 bridgehead atoms. The molecule has 0 saturated carbocycles. The molecule has 5 aliphatic rings. The van der Waals surface area contributed by atoms with Gasteiger partial charge < -0.3 is 0 Å². The van der Waals surface area contributed by atoms with Crippen molar-refractivity contribution in [2.45, 2.75) is 23.9 Å². The Morgan fingerprint density at radius 2 is 0.833 bits per heavy atom. The minimum Gasteiger partial charge on any atom is -0.235 e. The highest BCUT2D eigenvalue weighted by Crippen LogP contribution is 2.48. The van der Waals surface area contributed by atoms with E-state index in [9.17, 15) is 60.7 Å². The topological polar surface area (TPSA) is 278 Å². The van der Waals surface area contributed by atoms with E-state index in [0.29, 0.717) is 0 Å². The smallest absolute Gasteiger partial charge is 0.235 e. The number of hydrogen-bond donors (Lipinski definition) is 0. The SMILES string of the molecule is O=[N+]([O-])N1C2C3N([N+](=O)[O-])[Si]4C1N([N+](=O)[O-])C(N4[N+](=O)[O-])[Si](N2[N+](=O)[O-])N3[N+](=O)[O-]. The van der Waals surface area contributed by atoms with Gasteiger partial charge in [-0.1, -0.05) is 24.0 Å². The fraction of sp³-hybridized carbons (Fsp3) is 1.00. The van der Waals surface area contributed by atoms with Gasteiger partial charge in [0.05, 0.1) is 0 Å². The van der Waals surface area contributed by atoms with E-state index in [2.05, 4.69) is 0 Å². The van der Waals surface area contributed by atoms with Gasteiger partial charge in [-0.05, 0) is 0 Å².